The summed E-state index contributed by atoms with van der Waals surface area (Å²) >= 11 is 0. The van der Waals surface area contributed by atoms with Crippen LogP contribution in [0.15, 0.2) is 425 Å². The predicted molar refractivity (Wildman–Crippen MR) is 568 cm³/mol. The molecule has 0 fully saturated rings. The fraction of sp³-hybridized carbons (Fsp3) is 0.188. The molecule has 0 N–H and O–H groups in total. The smallest absolute Gasteiger partial charge is 0.105 e. The van der Waals surface area contributed by atoms with E-state index in [2.05, 4.69) is 518 Å². The molecule has 136 heavy (non-hydrogen) atoms. The molecule has 18 aromatic carbocycles. The molecule has 0 aliphatic heterocycles. The van der Waals surface area contributed by atoms with Crippen molar-refractivity contribution in [2.75, 3.05) is 4.90 Å². The Hall–Kier alpha value is -14.3. The zero-order chi connectivity index (χ0) is 92.7. The zero-order valence-corrected chi connectivity index (χ0v) is 80.1. The molecule has 664 valence electrons. The summed E-state index contributed by atoms with van der Waals surface area (Å²) in [6.45, 7) is 28.5. The van der Waals surface area contributed by atoms with Gasteiger partial charge >= 0.3 is 0 Å². The lowest BCUT2D eigenvalue weighted by molar-refractivity contribution is -0.278. The Bertz CT molecular complexity index is 7500. The molecule has 0 bridgehead atoms. The molecule has 0 amide bonds. The van der Waals surface area contributed by atoms with E-state index in [1.54, 1.807) is 0 Å². The third-order valence-electron chi connectivity index (χ3n) is 31.5. The van der Waals surface area contributed by atoms with Crippen molar-refractivity contribution in [1.82, 2.24) is 5.06 Å². The minimum atomic E-state index is -0.591. The minimum Gasteiger partial charge on any atom is -0.310 e. The van der Waals surface area contributed by atoms with Gasteiger partial charge in [-0.25, -0.2) is 0 Å². The van der Waals surface area contributed by atoms with Crippen LogP contribution in [0.4, 0.5) is 17.1 Å². The van der Waals surface area contributed by atoms with Crippen LogP contribution >= 0.6 is 0 Å². The highest BCUT2D eigenvalue weighted by atomic mass is 16.7. The van der Waals surface area contributed by atoms with Crippen LogP contribution in [0.25, 0.3) is 100 Å². The minimum absolute atomic E-state index is 0.0354. The summed E-state index contributed by atoms with van der Waals surface area (Å²) in [6, 6.07) is 162. The summed E-state index contributed by atoms with van der Waals surface area (Å²) in [4.78, 5) is 10.5. The van der Waals surface area contributed by atoms with Gasteiger partial charge in [0.1, 0.15) is 6.10 Å². The fourth-order valence-corrected chi connectivity index (χ4v) is 24.6. The molecule has 3 nitrogen and oxygen atoms in total. The van der Waals surface area contributed by atoms with E-state index >= 15 is 0 Å². The molecule has 0 saturated carbocycles. The Morgan fingerprint density at radius 1 is 0.243 bits per heavy atom. The molecule has 23 rings (SSSR count). The number of hydrogen-bond donors (Lipinski definition) is 0. The fourth-order valence-electron chi connectivity index (χ4n) is 24.6. The van der Waals surface area contributed by atoms with E-state index in [-0.39, 0.29) is 52.1 Å². The van der Waals surface area contributed by atoms with E-state index in [0.717, 1.165) is 35.5 Å². The molecule has 5 aliphatic carbocycles. The first-order valence-electron chi connectivity index (χ1n) is 49.2. The SMILES string of the molecule is CC(CC(CC(ON(C(c1ccccc1)C(C)C)C(C)(C)C)c1ccc(-c2cccc(C(c3ccc4c(c3)C(C)(C)c3ccccc3-4)c3ccc4c(c3)C(C)(C)c3ccccc3-4)c2)cc1)c1ccc(-c2ccc3c(c2)C2(c4ccccc4-3)c3ccccc3-c3ccc(-c4ccc(N(c5ccc(-c6ccccc6)cc5)c5ccc6c(c5)C(C)(C)c5ccccc5-6)cc4)cc32)cc1)c1ccccc1. The van der Waals surface area contributed by atoms with Gasteiger partial charge in [0, 0.05) is 44.8 Å². The van der Waals surface area contributed by atoms with E-state index in [4.69, 9.17) is 4.84 Å². The number of rotatable bonds is 22. The monoisotopic (exact) mass is 1760 g/mol. The molecule has 0 aromatic heterocycles. The van der Waals surface area contributed by atoms with E-state index in [0.29, 0.717) is 0 Å². The van der Waals surface area contributed by atoms with E-state index in [1.165, 1.54) is 189 Å². The number of hydrogen-bond acceptors (Lipinski definition) is 3. The summed E-state index contributed by atoms with van der Waals surface area (Å²) in [7, 11) is 0. The quantitative estimate of drug-likeness (QED) is 0.0497. The third kappa shape index (κ3) is 14.4. The maximum atomic E-state index is 8.05. The van der Waals surface area contributed by atoms with Gasteiger partial charge in [0.15, 0.2) is 0 Å². The number of anilines is 3. The van der Waals surface area contributed by atoms with Gasteiger partial charge in [-0.1, -0.05) is 438 Å². The highest BCUT2D eigenvalue weighted by Crippen LogP contribution is 2.65. The van der Waals surface area contributed by atoms with Crippen LogP contribution in [0.5, 0.6) is 0 Å². The van der Waals surface area contributed by atoms with Gasteiger partial charge in [-0.2, -0.15) is 5.06 Å². The van der Waals surface area contributed by atoms with Crippen LogP contribution < -0.4 is 4.90 Å². The van der Waals surface area contributed by atoms with E-state index in [1.807, 2.05) is 0 Å². The molecule has 0 saturated heterocycles. The second kappa shape index (κ2) is 33.6. The Morgan fingerprint density at radius 3 is 1.02 bits per heavy atom. The summed E-state index contributed by atoms with van der Waals surface area (Å²) < 4.78 is 0. The maximum absolute atomic E-state index is 8.05. The third-order valence-corrected chi connectivity index (χ3v) is 31.5. The van der Waals surface area contributed by atoms with Crippen molar-refractivity contribution in [3.63, 3.8) is 0 Å². The highest BCUT2D eigenvalue weighted by Gasteiger charge is 2.52. The highest BCUT2D eigenvalue weighted by molar-refractivity contribution is 5.98. The van der Waals surface area contributed by atoms with Gasteiger partial charge in [0.25, 0.3) is 0 Å². The lowest BCUT2D eigenvalue weighted by Crippen LogP contribution is -2.46. The standard InChI is InChI=1S/C133H116N2O/c1-85(2)128(95-37-20-15-21-38-95)135(129(4,5)6)136-126(94-57-55-90(56-58-94)96-39-32-40-99(78-96)127(100-65-74-111-106-41-22-27-46-116(106)130(7,8)121(111)81-100)101-66-75-112-107-42-23-28-47-117(107)131(9,10)122(112)82-101)83-102(77-86(3)87-33-16-13-17-34-87)93-53-51-91(52-54-93)97-63-72-114-109-44-25-30-49-119(109)133(124(114)79-97)120-50-31-26-45-110(120)115-73-64-98(80-125(115)133)92-61-69-104(70-62-92)134(103-67-59-89(60-68-103)88-35-18-14-19-36-88)105-71-76-113-108-43-24-29-48-118(108)132(11,12)123(113)84-105/h13-76,78-82,84-86,102,126-128H,77,83H2,1-12H3. The van der Waals surface area contributed by atoms with Crippen molar-refractivity contribution in [3.8, 4) is 100 Å². The molecular weight excluding hydrogens is 1640 g/mol. The molecule has 1 spiro atoms. The maximum Gasteiger partial charge on any atom is 0.105 e. The summed E-state index contributed by atoms with van der Waals surface area (Å²) in [5.74, 6) is 0.517. The summed E-state index contributed by atoms with van der Waals surface area (Å²) in [5.41, 5.74) is 46.9. The Labute approximate surface area is 804 Å². The molecule has 5 aliphatic rings. The molecular formula is C133H116N2O. The first-order chi connectivity index (χ1) is 66.1. The van der Waals surface area contributed by atoms with Crippen LogP contribution in [0.3, 0.4) is 0 Å². The van der Waals surface area contributed by atoms with Gasteiger partial charge in [-0.15, -0.1) is 0 Å². The van der Waals surface area contributed by atoms with Crippen molar-refractivity contribution in [3.05, 3.63) is 519 Å². The lowest BCUT2D eigenvalue weighted by atomic mass is 9.70. The van der Waals surface area contributed by atoms with Gasteiger partial charge in [0.05, 0.1) is 11.5 Å². The Morgan fingerprint density at radius 2 is 0.559 bits per heavy atom. The average molecular weight is 1760 g/mol. The largest absolute Gasteiger partial charge is 0.310 e. The van der Waals surface area contributed by atoms with Crippen molar-refractivity contribution >= 4 is 17.1 Å². The van der Waals surface area contributed by atoms with Crippen LogP contribution in [0.1, 0.15) is 220 Å². The second-order valence-electron chi connectivity index (χ2n) is 42.0. The number of nitrogens with zero attached hydrogens (tertiary/aromatic N) is 2. The Kier molecular flexibility index (Phi) is 21.2. The predicted octanol–water partition coefficient (Wildman–Crippen LogP) is 35.1. The van der Waals surface area contributed by atoms with Gasteiger partial charge in [0.2, 0.25) is 0 Å². The summed E-state index contributed by atoms with van der Waals surface area (Å²) in [6.07, 6.45) is 1.31. The number of benzene rings is 18. The topological polar surface area (TPSA) is 15.7 Å². The first-order valence-corrected chi connectivity index (χ1v) is 49.2. The van der Waals surface area contributed by atoms with Gasteiger partial charge < -0.3 is 4.90 Å². The second-order valence-corrected chi connectivity index (χ2v) is 42.0. The van der Waals surface area contributed by atoms with Crippen molar-refractivity contribution < 1.29 is 4.84 Å². The molecule has 0 heterocycles. The van der Waals surface area contributed by atoms with Crippen LogP contribution in [0.2, 0.25) is 0 Å². The normalized spacial score (nSPS) is 15.9. The average Bonchev–Trinajstić information content (AvgIpc) is 1.50. The van der Waals surface area contributed by atoms with Gasteiger partial charge in [-0.3, -0.25) is 4.84 Å². The van der Waals surface area contributed by atoms with Crippen LogP contribution in [0, 0.1) is 5.92 Å². The zero-order valence-electron chi connectivity index (χ0n) is 80.1. The Balaban J connectivity index is 0.599. The van der Waals surface area contributed by atoms with Crippen LogP contribution in [-0.2, 0) is 26.5 Å². The van der Waals surface area contributed by atoms with Crippen LogP contribution in [-0.4, -0.2) is 10.6 Å². The molecule has 5 unspecified atom stereocenters. The number of hydroxylamine groups is 2. The molecule has 5 atom stereocenters. The van der Waals surface area contributed by atoms with Crippen molar-refractivity contribution in [1.29, 1.82) is 0 Å². The number of fused-ring (bicyclic) bond motifs is 19. The van der Waals surface area contributed by atoms with Crippen molar-refractivity contribution in [2.24, 2.45) is 5.92 Å². The van der Waals surface area contributed by atoms with E-state index < -0.39 is 11.0 Å². The first kappa shape index (κ1) is 85.8. The van der Waals surface area contributed by atoms with E-state index in [9.17, 15) is 0 Å². The lowest BCUT2D eigenvalue weighted by Gasteiger charge is -2.45. The molecule has 0 radical (unpaired) electrons. The van der Waals surface area contributed by atoms with Gasteiger partial charge in [-0.05, 0) is 295 Å². The van der Waals surface area contributed by atoms with Crippen molar-refractivity contribution in [2.45, 2.75) is 153 Å². The summed E-state index contributed by atoms with van der Waals surface area (Å²) in [5, 5.41) is 2.36. The molecule has 18 aromatic rings. The molecule has 3 heteroatoms.